The van der Waals surface area contributed by atoms with Gasteiger partial charge in [0, 0.05) is 24.9 Å². The quantitative estimate of drug-likeness (QED) is 0.593. The fraction of sp³-hybridized carbons (Fsp3) is 0.720. The van der Waals surface area contributed by atoms with Crippen LogP contribution in [0.4, 0.5) is 0 Å². The molecule has 0 aromatic heterocycles. The lowest BCUT2D eigenvalue weighted by molar-refractivity contribution is -0.168. The highest BCUT2D eigenvalue weighted by atomic mass is 16.7. The molecule has 2 aliphatic carbocycles. The highest BCUT2D eigenvalue weighted by Gasteiger charge is 2.77. The first-order valence-electron chi connectivity index (χ1n) is 11.5. The molecule has 164 valence electrons. The van der Waals surface area contributed by atoms with Gasteiger partial charge in [0.25, 0.3) is 0 Å². The summed E-state index contributed by atoms with van der Waals surface area (Å²) in [6, 6.07) is 9.75. The lowest BCUT2D eigenvalue weighted by atomic mass is 9.55. The van der Waals surface area contributed by atoms with E-state index in [0.717, 1.165) is 31.2 Å². The number of benzene rings is 1. The minimum atomic E-state index is -0.969. The highest BCUT2D eigenvalue weighted by Crippen LogP contribution is 2.66. The molecule has 4 fully saturated rings. The monoisotopic (exact) mass is 413 g/mol. The van der Waals surface area contributed by atoms with Crippen LogP contribution in [0.1, 0.15) is 52.0 Å². The third-order valence-electron chi connectivity index (χ3n) is 8.57. The standard InChI is InChI=1S/C25H35NO4/c1-16-10-11-20-18(14-26(4)15-23(2,28)17-8-6-5-7-9-17)21(27)29-25(20)19(16)12-13-24(3)22(25)30-24/h5-9,16,18-20,22,28H,10-15H2,1-4H3/t16-,18-,19+,20+,22-,23-,24-,25-/m1/s1. The topological polar surface area (TPSA) is 62.3 Å². The van der Waals surface area contributed by atoms with Crippen LogP contribution in [0.5, 0.6) is 0 Å². The second kappa shape index (κ2) is 6.78. The van der Waals surface area contributed by atoms with Gasteiger partial charge in [-0.3, -0.25) is 4.79 Å². The van der Waals surface area contributed by atoms with Gasteiger partial charge in [-0.25, -0.2) is 0 Å². The van der Waals surface area contributed by atoms with Gasteiger partial charge < -0.3 is 19.5 Å². The average molecular weight is 414 g/mol. The molecule has 5 rings (SSSR count). The van der Waals surface area contributed by atoms with Gasteiger partial charge in [0.1, 0.15) is 11.7 Å². The summed E-state index contributed by atoms with van der Waals surface area (Å²) in [5.41, 5.74) is -0.620. The van der Waals surface area contributed by atoms with E-state index in [9.17, 15) is 9.90 Å². The van der Waals surface area contributed by atoms with Crippen LogP contribution in [0.3, 0.4) is 0 Å². The van der Waals surface area contributed by atoms with Crippen molar-refractivity contribution in [1.82, 2.24) is 4.90 Å². The van der Waals surface area contributed by atoms with Gasteiger partial charge in [-0.15, -0.1) is 0 Å². The molecule has 1 spiro atoms. The Hall–Kier alpha value is -1.43. The predicted molar refractivity (Wildman–Crippen MR) is 114 cm³/mol. The van der Waals surface area contributed by atoms with E-state index in [1.807, 2.05) is 44.3 Å². The van der Waals surface area contributed by atoms with Crippen LogP contribution >= 0.6 is 0 Å². The third kappa shape index (κ3) is 2.96. The number of ether oxygens (including phenoxy) is 2. The maximum Gasteiger partial charge on any atom is 0.311 e. The van der Waals surface area contributed by atoms with Crippen LogP contribution in [-0.2, 0) is 19.9 Å². The van der Waals surface area contributed by atoms with Crippen molar-refractivity contribution in [1.29, 1.82) is 0 Å². The Morgan fingerprint density at radius 2 is 1.93 bits per heavy atom. The molecule has 1 aromatic carbocycles. The van der Waals surface area contributed by atoms with Gasteiger partial charge in [-0.1, -0.05) is 37.3 Å². The average Bonchev–Trinajstić information content (AvgIpc) is 3.32. The third-order valence-corrected chi connectivity index (χ3v) is 8.57. The van der Waals surface area contributed by atoms with Crippen molar-refractivity contribution in [3.05, 3.63) is 35.9 Å². The summed E-state index contributed by atoms with van der Waals surface area (Å²) < 4.78 is 12.5. The van der Waals surface area contributed by atoms with E-state index < -0.39 is 11.2 Å². The van der Waals surface area contributed by atoms with Crippen molar-refractivity contribution >= 4 is 5.97 Å². The molecule has 1 N–H and O–H groups in total. The normalized spacial score (nSPS) is 43.9. The molecule has 0 radical (unpaired) electrons. The first-order chi connectivity index (χ1) is 14.2. The summed E-state index contributed by atoms with van der Waals surface area (Å²) in [4.78, 5) is 15.3. The predicted octanol–water partition coefficient (Wildman–Crippen LogP) is 3.35. The fourth-order valence-corrected chi connectivity index (χ4v) is 7.08. The van der Waals surface area contributed by atoms with Crippen LogP contribution in [0.15, 0.2) is 30.3 Å². The van der Waals surface area contributed by atoms with Gasteiger partial charge in [-0.2, -0.15) is 0 Å². The lowest BCUT2D eigenvalue weighted by Crippen LogP contribution is -2.58. The van der Waals surface area contributed by atoms with Gasteiger partial charge >= 0.3 is 5.97 Å². The number of esters is 1. The van der Waals surface area contributed by atoms with Crippen LogP contribution in [0.2, 0.25) is 0 Å². The molecular formula is C25H35NO4. The Labute approximate surface area is 179 Å². The van der Waals surface area contributed by atoms with Gasteiger partial charge in [0.15, 0.2) is 0 Å². The number of nitrogens with zero attached hydrogens (tertiary/aromatic N) is 1. The van der Waals surface area contributed by atoms with Crippen LogP contribution in [-0.4, -0.2) is 53.4 Å². The summed E-state index contributed by atoms with van der Waals surface area (Å²) in [5.74, 6) is 0.970. The summed E-state index contributed by atoms with van der Waals surface area (Å²) in [7, 11) is 2.00. The smallest absolute Gasteiger partial charge is 0.311 e. The minimum absolute atomic E-state index is 0.0585. The van der Waals surface area contributed by atoms with E-state index in [1.54, 1.807) is 0 Å². The first-order valence-corrected chi connectivity index (χ1v) is 11.5. The number of rotatable bonds is 5. The zero-order chi connectivity index (χ0) is 21.3. The Morgan fingerprint density at radius 1 is 1.20 bits per heavy atom. The molecule has 2 aliphatic heterocycles. The van der Waals surface area contributed by atoms with Crippen molar-refractivity contribution in [2.45, 2.75) is 69.4 Å². The Balaban J connectivity index is 1.35. The SMILES string of the molecule is C[C@@H]1CC[C@H]2[C@@H](CN(C)C[C@@](C)(O)c3ccccc3)C(=O)O[C@]23[C@H]1CC[C@@]1(C)O[C@@H]31. The minimum Gasteiger partial charge on any atom is -0.455 e. The van der Waals surface area contributed by atoms with Gasteiger partial charge in [-0.05, 0) is 58.1 Å². The van der Waals surface area contributed by atoms with Crippen molar-refractivity contribution in [2.24, 2.45) is 23.7 Å². The van der Waals surface area contributed by atoms with Gasteiger partial charge in [0.2, 0.25) is 0 Å². The molecular weight excluding hydrogens is 378 g/mol. The van der Waals surface area contributed by atoms with Crippen LogP contribution < -0.4 is 0 Å². The summed E-state index contributed by atoms with van der Waals surface area (Å²) >= 11 is 0. The second-order valence-corrected chi connectivity index (χ2v) is 10.8. The lowest BCUT2D eigenvalue weighted by Gasteiger charge is -2.50. The summed E-state index contributed by atoms with van der Waals surface area (Å²) in [5, 5.41) is 11.1. The fourth-order valence-electron chi connectivity index (χ4n) is 7.08. The molecule has 2 saturated heterocycles. The maximum atomic E-state index is 13.2. The zero-order valence-electron chi connectivity index (χ0n) is 18.6. The zero-order valence-corrected chi connectivity index (χ0v) is 18.6. The molecule has 5 heteroatoms. The Kier molecular flexibility index (Phi) is 4.63. The maximum absolute atomic E-state index is 13.2. The molecule has 8 atom stereocenters. The van der Waals surface area contributed by atoms with Crippen molar-refractivity contribution in [3.63, 3.8) is 0 Å². The Bertz CT molecular complexity index is 826. The van der Waals surface area contributed by atoms with E-state index in [2.05, 4.69) is 18.7 Å². The molecule has 4 aliphatic rings. The van der Waals surface area contributed by atoms with Crippen molar-refractivity contribution < 1.29 is 19.4 Å². The highest BCUT2D eigenvalue weighted by molar-refractivity contribution is 5.77. The van der Waals surface area contributed by atoms with Gasteiger partial charge in [0.05, 0.1) is 17.1 Å². The van der Waals surface area contributed by atoms with E-state index in [-0.39, 0.29) is 29.5 Å². The number of hydrogen-bond acceptors (Lipinski definition) is 5. The molecule has 2 saturated carbocycles. The molecule has 2 heterocycles. The molecule has 5 nitrogen and oxygen atoms in total. The van der Waals surface area contributed by atoms with Crippen LogP contribution in [0, 0.1) is 23.7 Å². The number of aliphatic hydroxyl groups is 1. The molecule has 0 unspecified atom stereocenters. The van der Waals surface area contributed by atoms with E-state index >= 15 is 0 Å². The van der Waals surface area contributed by atoms with Crippen molar-refractivity contribution in [2.75, 3.05) is 20.1 Å². The largest absolute Gasteiger partial charge is 0.455 e. The molecule has 0 amide bonds. The summed E-state index contributed by atoms with van der Waals surface area (Å²) in [6.07, 6.45) is 4.39. The Morgan fingerprint density at radius 3 is 2.67 bits per heavy atom. The van der Waals surface area contributed by atoms with E-state index in [0.29, 0.717) is 24.9 Å². The van der Waals surface area contributed by atoms with E-state index in [1.165, 1.54) is 0 Å². The van der Waals surface area contributed by atoms with E-state index in [4.69, 9.17) is 9.47 Å². The van der Waals surface area contributed by atoms with Crippen molar-refractivity contribution in [3.8, 4) is 0 Å². The number of carbonyl (C=O) groups excluding carboxylic acids is 1. The van der Waals surface area contributed by atoms with Crippen LogP contribution in [0.25, 0.3) is 0 Å². The first kappa shape index (κ1) is 20.5. The molecule has 1 aromatic rings. The summed E-state index contributed by atoms with van der Waals surface area (Å²) in [6.45, 7) is 7.42. The molecule has 0 bridgehead atoms. The number of fused-ring (bicyclic) bond motifs is 1. The molecule has 30 heavy (non-hydrogen) atoms. The number of carbonyl (C=O) groups is 1. The second-order valence-electron chi connectivity index (χ2n) is 10.8. The number of likely N-dealkylation sites (N-methyl/N-ethyl adjacent to an activating group) is 1. The number of hydrogen-bond donors (Lipinski definition) is 1. The number of epoxide rings is 1.